The van der Waals surface area contributed by atoms with Crippen molar-refractivity contribution in [2.75, 3.05) is 0 Å². The van der Waals surface area contributed by atoms with Gasteiger partial charge in [0.05, 0.1) is 0 Å². The molecular weight excluding hydrogens is 230 g/mol. The molecule has 0 aromatic heterocycles. The molecule has 28 valence electrons. The van der Waals surface area contributed by atoms with Crippen molar-refractivity contribution in [2.24, 2.45) is 0 Å². The molecule has 0 aliphatic heterocycles. The van der Waals surface area contributed by atoms with Gasteiger partial charge in [-0.2, -0.15) is 9.90 Å². The van der Waals surface area contributed by atoms with Crippen LogP contribution in [0.2, 0.25) is 0 Å². The van der Waals surface area contributed by atoms with Gasteiger partial charge in [0.15, 0.2) is 0 Å². The molecule has 0 spiro atoms. The fourth-order valence-corrected chi connectivity index (χ4v) is 0. The summed E-state index contributed by atoms with van der Waals surface area (Å²) in [4.78, 5) is 0. The van der Waals surface area contributed by atoms with E-state index in [9.17, 15) is 0 Å². The maximum atomic E-state index is 0. The molecule has 0 saturated carbocycles. The van der Waals surface area contributed by atoms with Gasteiger partial charge in [0.25, 0.3) is 0 Å². The zero-order valence-corrected chi connectivity index (χ0v) is 2.83. The van der Waals surface area contributed by atoms with Crippen molar-refractivity contribution in [2.45, 2.75) is 0 Å². The topological polar surface area (TPSA) is 35.0 Å². The van der Waals surface area contributed by atoms with Crippen LogP contribution in [0.5, 0.6) is 0 Å². The number of hydrogen-bond acceptors (Lipinski definition) is 1. The summed E-state index contributed by atoms with van der Waals surface area (Å²) in [6, 6.07) is 0. The second-order valence-corrected chi connectivity index (χ2v) is 0. The number of rotatable bonds is 0. The fraction of sp³-hybridized carbons (Fsp3) is 0. The Labute approximate surface area is 61.3 Å². The first kappa shape index (κ1) is 39.3. The summed E-state index contributed by atoms with van der Waals surface area (Å²) in [6.07, 6.45) is 0. The van der Waals surface area contributed by atoms with Crippen molar-refractivity contribution in [1.29, 1.82) is 0 Å². The van der Waals surface area contributed by atoms with Gasteiger partial charge in [0.2, 0.25) is 0 Å². The Balaban J connectivity index is 0. The summed E-state index contributed by atoms with van der Waals surface area (Å²) < 4.78 is 0. The van der Waals surface area contributed by atoms with Gasteiger partial charge in [0, 0.05) is 0 Å². The first-order valence-electron chi connectivity index (χ1n) is 0. The Bertz CT molecular complexity index is 8.00. The second-order valence-electron chi connectivity index (χ2n) is 0. The summed E-state index contributed by atoms with van der Waals surface area (Å²) in [5.41, 5.74) is 0. The molecule has 0 saturated heterocycles. The third-order valence-electron chi connectivity index (χ3n) is 0. The molecule has 4 heavy (non-hydrogen) atoms. The predicted octanol–water partition coefficient (Wildman–Crippen LogP) is -2.15. The Hall–Kier alpha value is 1.90. The van der Waals surface area contributed by atoms with Crippen LogP contribution in [0.1, 0.15) is 0 Å². The van der Waals surface area contributed by atoms with Crippen LogP contribution in [0.25, 0.3) is 0 Å². The predicted molar refractivity (Wildman–Crippen MR) is 36.0 cm³/mol. The van der Waals surface area contributed by atoms with E-state index in [0.29, 0.717) is 0 Å². The average molecular weight is 242 g/mol. The molecule has 0 amide bonds. The van der Waals surface area contributed by atoms with Crippen molar-refractivity contribution in [3.63, 3.8) is 0 Å². The molecule has 1 atom stereocenters. The van der Waals surface area contributed by atoms with Crippen molar-refractivity contribution >= 4 is 55.5 Å². The SMILES string of the molecule is N.P.[GaH3].[InH3]. The molecular formula is H12GaInNP. The van der Waals surface area contributed by atoms with Gasteiger partial charge in [0.1, 0.15) is 0 Å². The molecule has 1 unspecified atom stereocenters. The van der Waals surface area contributed by atoms with E-state index in [1.807, 2.05) is 0 Å². The summed E-state index contributed by atoms with van der Waals surface area (Å²) in [7, 11) is 0. The fourth-order valence-electron chi connectivity index (χ4n) is 0. The Morgan fingerprint density at radius 3 is 1.00 bits per heavy atom. The van der Waals surface area contributed by atoms with Crippen molar-refractivity contribution in [1.82, 2.24) is 6.15 Å². The zero-order valence-electron chi connectivity index (χ0n) is 1.41. The maximum absolute atomic E-state index is 0. The third-order valence-corrected chi connectivity index (χ3v) is 0. The van der Waals surface area contributed by atoms with Crippen LogP contribution in [0.4, 0.5) is 0 Å². The second kappa shape index (κ2) is 20.7. The van der Waals surface area contributed by atoms with Gasteiger partial charge in [-0.15, -0.1) is 0 Å². The molecule has 0 aromatic rings. The van der Waals surface area contributed by atoms with Gasteiger partial charge in [-0.05, 0) is 0 Å². The first-order chi connectivity index (χ1) is 0. The summed E-state index contributed by atoms with van der Waals surface area (Å²) in [6.45, 7) is 0. The Morgan fingerprint density at radius 2 is 1.00 bits per heavy atom. The van der Waals surface area contributed by atoms with E-state index < -0.39 is 0 Å². The minimum absolute atomic E-state index is 0. The molecule has 1 nitrogen and oxygen atoms in total. The van der Waals surface area contributed by atoms with E-state index in [4.69, 9.17) is 0 Å². The third kappa shape index (κ3) is 9.09. The standard InChI is InChI=1S/Ga.In.H3N.H3P.6H/h;;2*1H3;;;;;;. The van der Waals surface area contributed by atoms with Crippen LogP contribution in [-0.4, -0.2) is 45.6 Å². The van der Waals surface area contributed by atoms with Crippen molar-refractivity contribution < 1.29 is 0 Å². The van der Waals surface area contributed by atoms with E-state index in [1.165, 1.54) is 0 Å². The van der Waals surface area contributed by atoms with Gasteiger partial charge in [-0.1, -0.05) is 0 Å². The zero-order chi connectivity index (χ0) is 0. The van der Waals surface area contributed by atoms with E-state index >= 15 is 0 Å². The quantitative estimate of drug-likeness (QED) is 0.381. The number of hydrogen-bond donors (Lipinski definition) is 1. The Morgan fingerprint density at radius 1 is 1.00 bits per heavy atom. The molecule has 0 aromatic carbocycles. The van der Waals surface area contributed by atoms with E-state index in [0.717, 1.165) is 0 Å². The van der Waals surface area contributed by atoms with Gasteiger partial charge in [-0.25, -0.2) is 0 Å². The van der Waals surface area contributed by atoms with E-state index in [1.54, 1.807) is 0 Å². The molecule has 4 heteroatoms. The molecule has 0 aliphatic carbocycles. The van der Waals surface area contributed by atoms with Crippen LogP contribution < -0.4 is 6.15 Å². The summed E-state index contributed by atoms with van der Waals surface area (Å²) in [5, 5.41) is 0. The molecule has 0 rings (SSSR count). The van der Waals surface area contributed by atoms with Gasteiger partial charge < -0.3 is 6.15 Å². The molecule has 3 N–H and O–H groups in total. The van der Waals surface area contributed by atoms with E-state index in [-0.39, 0.29) is 61.7 Å². The van der Waals surface area contributed by atoms with Gasteiger partial charge >= 0.3 is 45.6 Å². The molecule has 0 fully saturated rings. The normalized spacial score (nSPS) is 0. The summed E-state index contributed by atoms with van der Waals surface area (Å²) in [5.74, 6) is 0. The Kier molecular flexibility index (Phi) is 203. The van der Waals surface area contributed by atoms with E-state index in [2.05, 4.69) is 0 Å². The van der Waals surface area contributed by atoms with Crippen LogP contribution in [0, 0.1) is 0 Å². The van der Waals surface area contributed by atoms with Crippen LogP contribution >= 0.6 is 9.90 Å². The average Bonchev–Trinajstić information content (AvgIpc) is 0. The molecule has 0 heterocycles. The first-order valence-corrected chi connectivity index (χ1v) is 0. The minimum atomic E-state index is 0. The monoisotopic (exact) mass is 241 g/mol. The summed E-state index contributed by atoms with van der Waals surface area (Å²) >= 11 is 0. The van der Waals surface area contributed by atoms with Crippen molar-refractivity contribution in [3.05, 3.63) is 0 Å². The molecule has 0 bridgehead atoms. The van der Waals surface area contributed by atoms with Gasteiger partial charge in [-0.3, -0.25) is 0 Å². The molecule has 0 aliphatic rings. The van der Waals surface area contributed by atoms with Crippen molar-refractivity contribution in [3.8, 4) is 0 Å². The van der Waals surface area contributed by atoms with Crippen LogP contribution in [0.3, 0.4) is 0 Å². The van der Waals surface area contributed by atoms with Crippen LogP contribution in [-0.2, 0) is 0 Å². The molecule has 0 radical (unpaired) electrons. The van der Waals surface area contributed by atoms with Crippen LogP contribution in [0.15, 0.2) is 0 Å².